The van der Waals surface area contributed by atoms with E-state index in [9.17, 15) is 5.11 Å². The maximum absolute atomic E-state index is 9.70. The van der Waals surface area contributed by atoms with Gasteiger partial charge in [-0.05, 0) is 25.7 Å². The summed E-state index contributed by atoms with van der Waals surface area (Å²) in [6, 6.07) is 0. The first-order chi connectivity index (χ1) is 7.03. The number of rotatable bonds is 1. The Kier molecular flexibility index (Phi) is 2.68. The Labute approximate surface area is 92.3 Å². The van der Waals surface area contributed by atoms with Crippen LogP contribution in [0.3, 0.4) is 0 Å². The Bertz CT molecular complexity index is 284. The van der Waals surface area contributed by atoms with Gasteiger partial charge < -0.3 is 9.84 Å². The third-order valence-corrected chi connectivity index (χ3v) is 4.81. The van der Waals surface area contributed by atoms with E-state index in [-0.39, 0.29) is 12.0 Å². The van der Waals surface area contributed by atoms with Gasteiger partial charge in [0.25, 0.3) is 0 Å². The molecule has 0 aromatic heterocycles. The van der Waals surface area contributed by atoms with Gasteiger partial charge in [0.15, 0.2) is 0 Å². The molecule has 1 heterocycles. The minimum Gasteiger partial charge on any atom is -0.396 e. The molecule has 1 aliphatic carbocycles. The molecule has 0 aromatic rings. The summed E-state index contributed by atoms with van der Waals surface area (Å²) in [6.45, 7) is 9.76. The van der Waals surface area contributed by atoms with Crippen LogP contribution >= 0.6 is 0 Å². The summed E-state index contributed by atoms with van der Waals surface area (Å²) < 4.78 is 5.85. The molecule has 0 spiro atoms. The van der Waals surface area contributed by atoms with Crippen LogP contribution in [0.25, 0.3) is 0 Å². The van der Waals surface area contributed by atoms with Gasteiger partial charge in [-0.25, -0.2) is 0 Å². The normalized spacial score (nSPS) is 50.1. The highest BCUT2D eigenvalue weighted by atomic mass is 16.5. The molecular formula is C13H22O2. The first kappa shape index (κ1) is 11.2. The molecule has 1 fully saturated rings. The molecule has 0 radical (unpaired) electrons. The monoisotopic (exact) mass is 210 g/mol. The molecule has 0 unspecified atom stereocenters. The van der Waals surface area contributed by atoms with Crippen LogP contribution in [0.1, 0.15) is 27.7 Å². The lowest BCUT2D eigenvalue weighted by Crippen LogP contribution is -2.55. The Morgan fingerprint density at radius 2 is 2.13 bits per heavy atom. The maximum Gasteiger partial charge on any atom is 0.0615 e. The minimum atomic E-state index is -0.0450. The van der Waals surface area contributed by atoms with Crippen molar-refractivity contribution < 1.29 is 9.84 Å². The van der Waals surface area contributed by atoms with Crippen molar-refractivity contribution in [3.8, 4) is 0 Å². The van der Waals surface area contributed by atoms with Crippen LogP contribution in [0.15, 0.2) is 11.6 Å². The van der Waals surface area contributed by atoms with Crippen molar-refractivity contribution in [2.75, 3.05) is 13.2 Å². The van der Waals surface area contributed by atoms with Crippen molar-refractivity contribution in [2.24, 2.45) is 23.2 Å². The van der Waals surface area contributed by atoms with Crippen molar-refractivity contribution in [3.63, 3.8) is 0 Å². The third kappa shape index (κ3) is 1.38. The Balaban J connectivity index is 2.43. The van der Waals surface area contributed by atoms with E-state index in [0.29, 0.717) is 30.5 Å². The number of ether oxygens (including phenoxy) is 1. The molecule has 2 heteroatoms. The van der Waals surface area contributed by atoms with E-state index in [1.54, 1.807) is 0 Å². The van der Waals surface area contributed by atoms with Crippen LogP contribution in [-0.2, 0) is 4.74 Å². The molecule has 2 nitrogen and oxygen atoms in total. The van der Waals surface area contributed by atoms with Gasteiger partial charge in [0.2, 0.25) is 0 Å². The largest absolute Gasteiger partial charge is 0.396 e. The molecule has 15 heavy (non-hydrogen) atoms. The zero-order valence-electron chi connectivity index (χ0n) is 10.2. The van der Waals surface area contributed by atoms with Crippen LogP contribution in [-0.4, -0.2) is 24.4 Å². The molecule has 86 valence electrons. The predicted molar refractivity (Wildman–Crippen MR) is 60.5 cm³/mol. The van der Waals surface area contributed by atoms with Crippen LogP contribution in [0.4, 0.5) is 0 Å². The van der Waals surface area contributed by atoms with Gasteiger partial charge in [-0.15, -0.1) is 0 Å². The van der Waals surface area contributed by atoms with E-state index >= 15 is 0 Å². The molecule has 2 aliphatic rings. The summed E-state index contributed by atoms with van der Waals surface area (Å²) in [5.74, 6) is 1.43. The first-order valence-electron chi connectivity index (χ1n) is 5.93. The highest BCUT2D eigenvalue weighted by Gasteiger charge is 2.51. The van der Waals surface area contributed by atoms with Crippen LogP contribution < -0.4 is 0 Å². The predicted octanol–water partition coefficient (Wildman–Crippen LogP) is 2.23. The zero-order valence-corrected chi connectivity index (χ0v) is 10.2. The first-order valence-corrected chi connectivity index (χ1v) is 5.93. The third-order valence-electron chi connectivity index (χ3n) is 4.81. The average molecular weight is 210 g/mol. The molecule has 5 atom stereocenters. The molecule has 0 amide bonds. The molecular weight excluding hydrogens is 188 g/mol. The zero-order chi connectivity index (χ0) is 11.2. The second kappa shape index (κ2) is 3.60. The van der Waals surface area contributed by atoms with Crippen molar-refractivity contribution in [2.45, 2.75) is 33.8 Å². The fourth-order valence-corrected chi connectivity index (χ4v) is 3.60. The van der Waals surface area contributed by atoms with Gasteiger partial charge >= 0.3 is 0 Å². The second-order valence-electron chi connectivity index (χ2n) is 5.42. The van der Waals surface area contributed by atoms with Crippen molar-refractivity contribution >= 4 is 0 Å². The summed E-state index contributed by atoms with van der Waals surface area (Å²) in [5.41, 5.74) is 1.39. The highest BCUT2D eigenvalue weighted by Crippen LogP contribution is 2.51. The molecule has 1 N–H and O–H groups in total. The van der Waals surface area contributed by atoms with Crippen LogP contribution in [0.2, 0.25) is 0 Å². The van der Waals surface area contributed by atoms with Crippen molar-refractivity contribution in [1.29, 1.82) is 0 Å². The molecule has 0 saturated carbocycles. The van der Waals surface area contributed by atoms with Gasteiger partial charge in [0.1, 0.15) is 0 Å². The summed E-state index contributed by atoms with van der Waals surface area (Å²) in [5, 5.41) is 9.70. The molecule has 2 bridgehead atoms. The maximum atomic E-state index is 9.70. The second-order valence-corrected chi connectivity index (χ2v) is 5.42. The quantitative estimate of drug-likeness (QED) is 0.673. The fraction of sp³-hybridized carbons (Fsp3) is 0.846. The number of aliphatic hydroxyl groups is 1. The lowest BCUT2D eigenvalue weighted by Gasteiger charge is -2.54. The van der Waals surface area contributed by atoms with Crippen LogP contribution in [0.5, 0.6) is 0 Å². The van der Waals surface area contributed by atoms with E-state index in [4.69, 9.17) is 4.74 Å². The number of aliphatic hydroxyl groups excluding tert-OH is 1. The van der Waals surface area contributed by atoms with E-state index in [0.717, 1.165) is 0 Å². The standard InChI is InChI=1S/C13H22O2/c1-8-5-9(2)13(6-14)7-15-11(4)12(8)10(13)3/h5,9-12,14H,6-7H2,1-4H3/t9-,10-,11-,12+,13+/m0/s1. The Morgan fingerprint density at radius 3 is 2.73 bits per heavy atom. The smallest absolute Gasteiger partial charge is 0.0615 e. The minimum absolute atomic E-state index is 0.0450. The van der Waals surface area contributed by atoms with Crippen molar-refractivity contribution in [1.82, 2.24) is 0 Å². The highest BCUT2D eigenvalue weighted by molar-refractivity contribution is 5.20. The molecule has 1 saturated heterocycles. The summed E-state index contributed by atoms with van der Waals surface area (Å²) in [7, 11) is 0. The molecule has 0 aromatic carbocycles. The van der Waals surface area contributed by atoms with E-state index in [1.807, 2.05) is 0 Å². The van der Waals surface area contributed by atoms with Gasteiger partial charge in [-0.1, -0.05) is 25.5 Å². The SMILES string of the molecule is CC1=C[C@H](C)[C@@]2(CO)CO[C@@H](C)[C@H]1[C@@H]2C. The molecule has 2 rings (SSSR count). The Morgan fingerprint density at radius 1 is 1.47 bits per heavy atom. The summed E-state index contributed by atoms with van der Waals surface area (Å²) >= 11 is 0. The van der Waals surface area contributed by atoms with Gasteiger partial charge in [-0.2, -0.15) is 0 Å². The summed E-state index contributed by atoms with van der Waals surface area (Å²) in [6.07, 6.45) is 2.63. The lowest BCUT2D eigenvalue weighted by molar-refractivity contribution is -0.157. The lowest BCUT2D eigenvalue weighted by atomic mass is 9.56. The van der Waals surface area contributed by atoms with Crippen LogP contribution in [0, 0.1) is 23.2 Å². The van der Waals surface area contributed by atoms with Gasteiger partial charge in [0.05, 0.1) is 19.3 Å². The fourth-order valence-electron chi connectivity index (χ4n) is 3.60. The number of allylic oxidation sites excluding steroid dienone is 1. The number of hydrogen-bond acceptors (Lipinski definition) is 2. The molecule has 1 aliphatic heterocycles. The van der Waals surface area contributed by atoms with Crippen molar-refractivity contribution in [3.05, 3.63) is 11.6 Å². The number of hydrogen-bond donors (Lipinski definition) is 1. The average Bonchev–Trinajstić information content (AvgIpc) is 2.17. The van der Waals surface area contributed by atoms with Gasteiger partial charge in [-0.3, -0.25) is 0 Å². The Hall–Kier alpha value is -0.340. The summed E-state index contributed by atoms with van der Waals surface area (Å²) in [4.78, 5) is 0. The topological polar surface area (TPSA) is 29.5 Å². The van der Waals surface area contributed by atoms with E-state index in [2.05, 4.69) is 33.8 Å². The van der Waals surface area contributed by atoms with Gasteiger partial charge in [0, 0.05) is 11.3 Å². The number of fused-ring (bicyclic) bond motifs is 2. The van der Waals surface area contributed by atoms with E-state index < -0.39 is 0 Å². The van der Waals surface area contributed by atoms with E-state index in [1.165, 1.54) is 5.57 Å².